The van der Waals surface area contributed by atoms with Gasteiger partial charge in [-0.2, -0.15) is 5.10 Å². The maximum atomic E-state index is 12.7. The predicted molar refractivity (Wildman–Crippen MR) is 62.3 cm³/mol. The zero-order chi connectivity index (χ0) is 12.1. The Hall–Kier alpha value is -1.88. The summed E-state index contributed by atoms with van der Waals surface area (Å²) in [7, 11) is 0. The minimum absolute atomic E-state index is 0.235. The van der Waals surface area contributed by atoms with Crippen LogP contribution in [0, 0.1) is 5.82 Å². The Labute approximate surface area is 98.8 Å². The second kappa shape index (κ2) is 5.45. The summed E-state index contributed by atoms with van der Waals surface area (Å²) in [6.07, 6.45) is 3.43. The number of rotatable bonds is 5. The van der Waals surface area contributed by atoms with E-state index in [-0.39, 0.29) is 5.82 Å². The molecule has 0 bridgehead atoms. The van der Waals surface area contributed by atoms with Crippen molar-refractivity contribution >= 4 is 0 Å². The number of benzene rings is 1. The van der Waals surface area contributed by atoms with E-state index in [9.17, 15) is 4.39 Å². The molecule has 4 nitrogen and oxygen atoms in total. The average Bonchev–Trinajstić information content (AvgIpc) is 2.77. The molecule has 0 amide bonds. The molecule has 2 N–H and O–H groups in total. The molecular formula is C12H14FN3O. The van der Waals surface area contributed by atoms with Crippen LogP contribution in [0.4, 0.5) is 4.39 Å². The maximum absolute atomic E-state index is 12.7. The van der Waals surface area contributed by atoms with Gasteiger partial charge in [-0.05, 0) is 17.7 Å². The monoisotopic (exact) mass is 235 g/mol. The van der Waals surface area contributed by atoms with Crippen molar-refractivity contribution in [2.24, 2.45) is 5.73 Å². The minimum Gasteiger partial charge on any atom is -0.489 e. The molecule has 0 aliphatic heterocycles. The topological polar surface area (TPSA) is 53.1 Å². The first-order chi connectivity index (χ1) is 8.28. The van der Waals surface area contributed by atoms with Crippen molar-refractivity contribution in [1.82, 2.24) is 9.78 Å². The molecule has 0 radical (unpaired) electrons. The number of hydrogen-bond donors (Lipinski definition) is 1. The molecule has 1 aromatic heterocycles. The summed E-state index contributed by atoms with van der Waals surface area (Å²) in [6, 6.07) is 6.34. The van der Waals surface area contributed by atoms with Crippen LogP contribution in [0.3, 0.4) is 0 Å². The third-order valence-electron chi connectivity index (χ3n) is 2.25. The fourth-order valence-corrected chi connectivity index (χ4v) is 1.46. The molecule has 0 unspecified atom stereocenters. The molecule has 2 aromatic rings. The highest BCUT2D eigenvalue weighted by atomic mass is 19.1. The molecule has 1 aromatic carbocycles. The molecule has 0 saturated carbocycles. The Morgan fingerprint density at radius 1 is 1.29 bits per heavy atom. The minimum atomic E-state index is -0.235. The van der Waals surface area contributed by atoms with E-state index in [1.165, 1.54) is 12.1 Å². The van der Waals surface area contributed by atoms with Gasteiger partial charge < -0.3 is 10.5 Å². The van der Waals surface area contributed by atoms with Crippen LogP contribution in [0.1, 0.15) is 5.56 Å². The van der Waals surface area contributed by atoms with Gasteiger partial charge in [0.2, 0.25) is 0 Å². The van der Waals surface area contributed by atoms with E-state index in [2.05, 4.69) is 5.10 Å². The average molecular weight is 235 g/mol. The Morgan fingerprint density at radius 3 is 2.76 bits per heavy atom. The van der Waals surface area contributed by atoms with Crippen molar-refractivity contribution in [3.8, 4) is 5.75 Å². The highest BCUT2D eigenvalue weighted by Crippen LogP contribution is 2.10. The van der Waals surface area contributed by atoms with Gasteiger partial charge in [-0.25, -0.2) is 4.39 Å². The van der Waals surface area contributed by atoms with Gasteiger partial charge in [0.1, 0.15) is 12.4 Å². The standard InChI is InChI=1S/C12H14FN3O/c13-11-3-1-10(2-4-11)8-16-9-12(7-15-16)17-6-5-14/h1-4,7,9H,5-6,8,14H2. The van der Waals surface area contributed by atoms with Gasteiger partial charge in [-0.1, -0.05) is 12.1 Å². The van der Waals surface area contributed by atoms with Crippen molar-refractivity contribution in [1.29, 1.82) is 0 Å². The highest BCUT2D eigenvalue weighted by Gasteiger charge is 2.00. The number of nitrogens with two attached hydrogens (primary N) is 1. The van der Waals surface area contributed by atoms with E-state index in [0.29, 0.717) is 25.4 Å². The summed E-state index contributed by atoms with van der Waals surface area (Å²) in [5.41, 5.74) is 6.32. The number of nitrogens with zero attached hydrogens (tertiary/aromatic N) is 2. The number of ether oxygens (including phenoxy) is 1. The summed E-state index contributed by atoms with van der Waals surface area (Å²) in [6.45, 7) is 1.54. The number of halogens is 1. The van der Waals surface area contributed by atoms with Gasteiger partial charge in [0.05, 0.1) is 18.9 Å². The Morgan fingerprint density at radius 2 is 2.06 bits per heavy atom. The molecule has 0 aliphatic carbocycles. The van der Waals surface area contributed by atoms with Crippen molar-refractivity contribution in [3.05, 3.63) is 48.0 Å². The first-order valence-corrected chi connectivity index (χ1v) is 5.37. The summed E-state index contributed by atoms with van der Waals surface area (Å²) in [5, 5.41) is 4.14. The third-order valence-corrected chi connectivity index (χ3v) is 2.25. The normalized spacial score (nSPS) is 10.5. The smallest absolute Gasteiger partial charge is 0.157 e. The quantitative estimate of drug-likeness (QED) is 0.852. The zero-order valence-corrected chi connectivity index (χ0v) is 9.34. The van der Waals surface area contributed by atoms with Crippen LogP contribution >= 0.6 is 0 Å². The zero-order valence-electron chi connectivity index (χ0n) is 9.34. The van der Waals surface area contributed by atoms with Crippen molar-refractivity contribution in [3.63, 3.8) is 0 Å². The Bertz CT molecular complexity index is 467. The summed E-state index contributed by atoms with van der Waals surface area (Å²) >= 11 is 0. The molecule has 1 heterocycles. The predicted octanol–water partition coefficient (Wildman–Crippen LogP) is 1.41. The fraction of sp³-hybridized carbons (Fsp3) is 0.250. The molecule has 0 spiro atoms. The van der Waals surface area contributed by atoms with Crippen LogP contribution in [0.25, 0.3) is 0 Å². The van der Waals surface area contributed by atoms with E-state index >= 15 is 0 Å². The second-order valence-electron chi connectivity index (χ2n) is 3.64. The van der Waals surface area contributed by atoms with Crippen LogP contribution in [0.2, 0.25) is 0 Å². The van der Waals surface area contributed by atoms with E-state index in [0.717, 1.165) is 5.56 Å². The second-order valence-corrected chi connectivity index (χ2v) is 3.64. The SMILES string of the molecule is NCCOc1cnn(Cc2ccc(F)cc2)c1. The van der Waals surface area contributed by atoms with Crippen molar-refractivity contribution < 1.29 is 9.13 Å². The number of hydrogen-bond acceptors (Lipinski definition) is 3. The molecule has 0 atom stereocenters. The summed E-state index contributed by atoms with van der Waals surface area (Å²) in [5.74, 6) is 0.457. The molecule has 2 rings (SSSR count). The van der Waals surface area contributed by atoms with Crippen LogP contribution in [0.5, 0.6) is 5.75 Å². The molecule has 5 heteroatoms. The summed E-state index contributed by atoms with van der Waals surface area (Å²) < 4.78 is 19.8. The van der Waals surface area contributed by atoms with Crippen LogP contribution in [-0.2, 0) is 6.54 Å². The number of aromatic nitrogens is 2. The maximum Gasteiger partial charge on any atom is 0.157 e. The highest BCUT2D eigenvalue weighted by molar-refractivity contribution is 5.18. The molecule has 0 fully saturated rings. The van der Waals surface area contributed by atoms with Gasteiger partial charge >= 0.3 is 0 Å². The first-order valence-electron chi connectivity index (χ1n) is 5.37. The van der Waals surface area contributed by atoms with E-state index < -0.39 is 0 Å². The van der Waals surface area contributed by atoms with Gasteiger partial charge in [-0.3, -0.25) is 4.68 Å². The van der Waals surface area contributed by atoms with E-state index in [4.69, 9.17) is 10.5 Å². The molecule has 0 aliphatic rings. The van der Waals surface area contributed by atoms with Gasteiger partial charge in [0.15, 0.2) is 5.75 Å². The lowest BCUT2D eigenvalue weighted by molar-refractivity contribution is 0.328. The van der Waals surface area contributed by atoms with Crippen LogP contribution < -0.4 is 10.5 Å². The lowest BCUT2D eigenvalue weighted by Crippen LogP contribution is -2.10. The molecule has 17 heavy (non-hydrogen) atoms. The molecule has 90 valence electrons. The van der Waals surface area contributed by atoms with Crippen LogP contribution in [0.15, 0.2) is 36.7 Å². The van der Waals surface area contributed by atoms with Gasteiger partial charge in [0.25, 0.3) is 0 Å². The lowest BCUT2D eigenvalue weighted by atomic mass is 10.2. The first kappa shape index (κ1) is 11.6. The van der Waals surface area contributed by atoms with E-state index in [1.54, 1.807) is 29.2 Å². The molecule has 0 saturated heterocycles. The Balaban J connectivity index is 1.98. The molecular weight excluding hydrogens is 221 g/mol. The van der Waals surface area contributed by atoms with Crippen molar-refractivity contribution in [2.75, 3.05) is 13.2 Å². The van der Waals surface area contributed by atoms with Crippen LogP contribution in [-0.4, -0.2) is 22.9 Å². The largest absolute Gasteiger partial charge is 0.489 e. The van der Waals surface area contributed by atoms with E-state index in [1.807, 2.05) is 0 Å². The van der Waals surface area contributed by atoms with Crippen molar-refractivity contribution in [2.45, 2.75) is 6.54 Å². The van der Waals surface area contributed by atoms with Gasteiger partial charge in [0, 0.05) is 6.54 Å². The fourth-order valence-electron chi connectivity index (χ4n) is 1.46. The third kappa shape index (κ3) is 3.29. The summed E-state index contributed by atoms with van der Waals surface area (Å²) in [4.78, 5) is 0. The lowest BCUT2D eigenvalue weighted by Gasteiger charge is -2.01. The Kier molecular flexibility index (Phi) is 3.72. The van der Waals surface area contributed by atoms with Gasteiger partial charge in [-0.15, -0.1) is 0 Å².